The van der Waals surface area contributed by atoms with Crippen molar-refractivity contribution in [1.82, 2.24) is 15.1 Å². The van der Waals surface area contributed by atoms with E-state index in [0.29, 0.717) is 23.9 Å². The fraction of sp³-hybridized carbons (Fsp3) is 0.944. The number of rotatable bonds is 4. The second kappa shape index (κ2) is 8.06. The van der Waals surface area contributed by atoms with Crippen LogP contribution in [0.15, 0.2) is 0 Å². The molecule has 0 aromatic heterocycles. The van der Waals surface area contributed by atoms with Gasteiger partial charge in [0.05, 0.1) is 0 Å². The predicted molar refractivity (Wildman–Crippen MR) is 91.6 cm³/mol. The zero-order valence-corrected chi connectivity index (χ0v) is 14.8. The van der Waals surface area contributed by atoms with Gasteiger partial charge in [-0.2, -0.15) is 0 Å². The number of nitrogens with zero attached hydrogens (tertiary/aromatic N) is 2. The van der Waals surface area contributed by atoms with E-state index in [1.54, 1.807) is 6.92 Å². The van der Waals surface area contributed by atoms with E-state index < -0.39 is 0 Å². The molecule has 3 rings (SSSR count). The molecule has 1 N–H and O–H groups in total. The molecule has 3 fully saturated rings. The fourth-order valence-corrected chi connectivity index (χ4v) is 4.50. The summed E-state index contributed by atoms with van der Waals surface area (Å²) in [5.41, 5.74) is 0. The summed E-state index contributed by atoms with van der Waals surface area (Å²) in [5.74, 6) is 0.577. The van der Waals surface area contributed by atoms with Gasteiger partial charge in [-0.15, -0.1) is 0 Å². The van der Waals surface area contributed by atoms with Crippen LogP contribution in [0.3, 0.4) is 0 Å². The first-order valence-corrected chi connectivity index (χ1v) is 9.40. The molecule has 2 saturated heterocycles. The standard InChI is InChI=1S/C18H33N3O2/c1-14(22)17-4-3-16(21-9-7-20(2)8-10-21)13-18(17)19-15-5-11-23-12-6-15/h15-19H,3-13H2,1-2H3. The van der Waals surface area contributed by atoms with Crippen LogP contribution in [0, 0.1) is 5.92 Å². The van der Waals surface area contributed by atoms with Gasteiger partial charge in [0.1, 0.15) is 5.78 Å². The molecule has 132 valence electrons. The van der Waals surface area contributed by atoms with Gasteiger partial charge in [0, 0.05) is 63.4 Å². The first-order valence-electron chi connectivity index (χ1n) is 9.40. The maximum Gasteiger partial charge on any atom is 0.134 e. The number of ether oxygens (including phenoxy) is 1. The van der Waals surface area contributed by atoms with Gasteiger partial charge in [-0.05, 0) is 46.1 Å². The highest BCUT2D eigenvalue weighted by atomic mass is 16.5. The lowest BCUT2D eigenvalue weighted by molar-refractivity contribution is -0.123. The maximum absolute atomic E-state index is 12.1. The van der Waals surface area contributed by atoms with Crippen molar-refractivity contribution in [3.8, 4) is 0 Å². The number of hydrogen-bond donors (Lipinski definition) is 1. The van der Waals surface area contributed by atoms with Gasteiger partial charge < -0.3 is 15.0 Å². The van der Waals surface area contributed by atoms with Gasteiger partial charge in [-0.3, -0.25) is 9.69 Å². The summed E-state index contributed by atoms with van der Waals surface area (Å²) in [6, 6.07) is 1.53. The van der Waals surface area contributed by atoms with Crippen LogP contribution in [0.2, 0.25) is 0 Å². The van der Waals surface area contributed by atoms with E-state index >= 15 is 0 Å². The van der Waals surface area contributed by atoms with Crippen molar-refractivity contribution in [3.63, 3.8) is 0 Å². The Hall–Kier alpha value is -0.490. The van der Waals surface area contributed by atoms with Gasteiger partial charge in [-0.25, -0.2) is 0 Å². The van der Waals surface area contributed by atoms with Gasteiger partial charge in [0.15, 0.2) is 0 Å². The second-order valence-electron chi connectivity index (χ2n) is 7.68. The fourth-order valence-electron chi connectivity index (χ4n) is 4.50. The minimum atomic E-state index is 0.210. The topological polar surface area (TPSA) is 44.8 Å². The van der Waals surface area contributed by atoms with Crippen LogP contribution in [0.5, 0.6) is 0 Å². The monoisotopic (exact) mass is 323 g/mol. The Labute approximate surface area is 140 Å². The predicted octanol–water partition coefficient (Wildman–Crippen LogP) is 1.13. The van der Waals surface area contributed by atoms with Crippen molar-refractivity contribution < 1.29 is 9.53 Å². The molecule has 3 aliphatic rings. The molecule has 5 nitrogen and oxygen atoms in total. The van der Waals surface area contributed by atoms with Gasteiger partial charge in [0.25, 0.3) is 0 Å². The van der Waals surface area contributed by atoms with E-state index in [0.717, 1.165) is 38.9 Å². The third-order valence-electron chi connectivity index (χ3n) is 6.07. The number of carbonyl (C=O) groups excluding carboxylic acids is 1. The van der Waals surface area contributed by atoms with Crippen LogP contribution in [0.25, 0.3) is 0 Å². The molecule has 23 heavy (non-hydrogen) atoms. The van der Waals surface area contributed by atoms with Crippen LogP contribution in [-0.4, -0.2) is 80.1 Å². The van der Waals surface area contributed by atoms with E-state index in [2.05, 4.69) is 22.2 Å². The summed E-state index contributed by atoms with van der Waals surface area (Å²) < 4.78 is 5.47. The van der Waals surface area contributed by atoms with Crippen molar-refractivity contribution in [2.45, 2.75) is 57.2 Å². The van der Waals surface area contributed by atoms with E-state index in [4.69, 9.17) is 4.74 Å². The quantitative estimate of drug-likeness (QED) is 0.840. The molecular formula is C18H33N3O2. The van der Waals surface area contributed by atoms with Crippen molar-refractivity contribution in [2.75, 3.05) is 46.4 Å². The molecular weight excluding hydrogens is 290 g/mol. The van der Waals surface area contributed by atoms with Crippen molar-refractivity contribution in [2.24, 2.45) is 5.92 Å². The van der Waals surface area contributed by atoms with Gasteiger partial charge in [0.2, 0.25) is 0 Å². The van der Waals surface area contributed by atoms with E-state index in [9.17, 15) is 4.79 Å². The maximum atomic E-state index is 12.1. The number of nitrogens with one attached hydrogen (secondary N) is 1. The molecule has 2 aliphatic heterocycles. The number of hydrogen-bond acceptors (Lipinski definition) is 5. The zero-order chi connectivity index (χ0) is 16.2. The lowest BCUT2D eigenvalue weighted by Crippen LogP contribution is -2.56. The van der Waals surface area contributed by atoms with E-state index in [1.807, 2.05) is 0 Å². The molecule has 1 saturated carbocycles. The Morgan fingerprint density at radius 2 is 1.74 bits per heavy atom. The van der Waals surface area contributed by atoms with Crippen molar-refractivity contribution in [3.05, 3.63) is 0 Å². The normalized spacial score (nSPS) is 35.3. The average molecular weight is 323 g/mol. The van der Waals surface area contributed by atoms with Crippen LogP contribution in [0.1, 0.15) is 39.0 Å². The molecule has 2 heterocycles. The van der Waals surface area contributed by atoms with Crippen LogP contribution < -0.4 is 5.32 Å². The smallest absolute Gasteiger partial charge is 0.134 e. The lowest BCUT2D eigenvalue weighted by atomic mass is 9.78. The van der Waals surface area contributed by atoms with Crippen LogP contribution in [0.4, 0.5) is 0 Å². The zero-order valence-electron chi connectivity index (χ0n) is 14.8. The molecule has 3 atom stereocenters. The summed E-state index contributed by atoms with van der Waals surface area (Å²) in [5, 5.41) is 3.83. The molecule has 3 unspecified atom stereocenters. The highest BCUT2D eigenvalue weighted by Gasteiger charge is 2.37. The Morgan fingerprint density at radius 3 is 2.39 bits per heavy atom. The number of likely N-dealkylation sites (N-methyl/N-ethyl adjacent to an activating group) is 1. The van der Waals surface area contributed by atoms with Crippen LogP contribution in [-0.2, 0) is 9.53 Å². The molecule has 0 aromatic rings. The third kappa shape index (κ3) is 4.53. The summed E-state index contributed by atoms with van der Waals surface area (Å²) >= 11 is 0. The molecule has 0 aromatic carbocycles. The van der Waals surface area contributed by atoms with E-state index in [1.165, 1.54) is 32.6 Å². The molecule has 0 spiro atoms. The minimum absolute atomic E-state index is 0.210. The number of ketones is 1. The Bertz CT molecular complexity index is 390. The number of carbonyl (C=O) groups is 1. The summed E-state index contributed by atoms with van der Waals surface area (Å²) in [4.78, 5) is 17.2. The Balaban J connectivity index is 1.59. The Morgan fingerprint density at radius 1 is 1.04 bits per heavy atom. The molecule has 5 heteroatoms. The lowest BCUT2D eigenvalue weighted by Gasteiger charge is -2.44. The number of piperazine rings is 1. The highest BCUT2D eigenvalue weighted by molar-refractivity contribution is 5.79. The van der Waals surface area contributed by atoms with E-state index in [-0.39, 0.29) is 5.92 Å². The molecule has 0 radical (unpaired) electrons. The minimum Gasteiger partial charge on any atom is -0.381 e. The van der Waals surface area contributed by atoms with Crippen LogP contribution >= 0.6 is 0 Å². The molecule has 1 aliphatic carbocycles. The Kier molecular flexibility index (Phi) is 6.07. The van der Waals surface area contributed by atoms with Gasteiger partial charge in [-0.1, -0.05) is 0 Å². The summed E-state index contributed by atoms with van der Waals surface area (Å²) in [6.45, 7) is 8.19. The molecule has 0 amide bonds. The molecule has 0 bridgehead atoms. The number of Topliss-reactive ketones (excluding diaryl/α,β-unsaturated/α-hetero) is 1. The highest BCUT2D eigenvalue weighted by Crippen LogP contribution is 2.30. The summed E-state index contributed by atoms with van der Waals surface area (Å²) in [7, 11) is 2.21. The SMILES string of the molecule is CC(=O)C1CCC(N2CCN(C)CC2)CC1NC1CCOCC1. The van der Waals surface area contributed by atoms with Crippen molar-refractivity contribution in [1.29, 1.82) is 0 Å². The largest absolute Gasteiger partial charge is 0.381 e. The first kappa shape index (κ1) is 17.3. The average Bonchev–Trinajstić information content (AvgIpc) is 2.56. The second-order valence-corrected chi connectivity index (χ2v) is 7.68. The first-order chi connectivity index (χ1) is 11.1. The van der Waals surface area contributed by atoms with Gasteiger partial charge >= 0.3 is 0 Å². The summed E-state index contributed by atoms with van der Waals surface area (Å²) in [6.07, 6.45) is 5.53. The third-order valence-corrected chi connectivity index (χ3v) is 6.07. The van der Waals surface area contributed by atoms with Crippen molar-refractivity contribution >= 4 is 5.78 Å².